The van der Waals surface area contributed by atoms with Crippen LogP contribution in [-0.2, 0) is 4.79 Å². The van der Waals surface area contributed by atoms with Gasteiger partial charge in [0.1, 0.15) is 11.6 Å². The number of rotatable bonds is 1. The molecular weight excluding hydrogens is 144 g/mol. The van der Waals surface area contributed by atoms with Crippen molar-refractivity contribution < 1.29 is 9.90 Å². The summed E-state index contributed by atoms with van der Waals surface area (Å²) in [6.45, 7) is 6.00. The van der Waals surface area contributed by atoms with Gasteiger partial charge in [-0.05, 0) is 0 Å². The summed E-state index contributed by atoms with van der Waals surface area (Å²) in [5.41, 5.74) is -0.544. The number of carbonyl (C=O) groups is 1. The maximum Gasteiger partial charge on any atom is 0.347 e. The van der Waals surface area contributed by atoms with Crippen molar-refractivity contribution in [3.8, 4) is 12.1 Å². The minimum absolute atomic E-state index is 0.544. The Kier molecular flexibility index (Phi) is 8.43. The van der Waals surface area contributed by atoms with Crippen molar-refractivity contribution >= 4 is 5.97 Å². The highest BCUT2D eigenvalue weighted by atomic mass is 16.4. The Balaban J connectivity index is 0. The Bertz CT molecular complexity index is 242. The van der Waals surface area contributed by atoms with Gasteiger partial charge in [-0.15, -0.1) is 13.2 Å². The third-order valence-electron chi connectivity index (χ3n) is 0.560. The van der Waals surface area contributed by atoms with Crippen LogP contribution in [0.25, 0.3) is 0 Å². The molecule has 56 valence electrons. The fraction of sp³-hybridized carbons (Fsp3) is 0. The maximum absolute atomic E-state index is 9.88. The molecule has 0 aliphatic carbocycles. The summed E-state index contributed by atoms with van der Waals surface area (Å²) in [6, 6.07) is 2.78. The van der Waals surface area contributed by atoms with E-state index in [0.29, 0.717) is 6.08 Å². The minimum atomic E-state index is -1.38. The van der Waals surface area contributed by atoms with E-state index in [4.69, 9.17) is 15.6 Å². The van der Waals surface area contributed by atoms with Gasteiger partial charge in [0.05, 0.1) is 6.07 Å². The monoisotopic (exact) mass is 150 g/mol. The average Bonchev–Trinajstić information content (AvgIpc) is 2.03. The predicted octanol–water partition coefficient (Wildman–Crippen LogP) is 0.847. The molecule has 0 radical (unpaired) electrons. The van der Waals surface area contributed by atoms with Gasteiger partial charge >= 0.3 is 5.97 Å². The quantitative estimate of drug-likeness (QED) is 0.341. The second kappa shape index (κ2) is 7.93. The molecule has 0 aromatic heterocycles. The summed E-state index contributed by atoms with van der Waals surface area (Å²) >= 11 is 0. The van der Waals surface area contributed by atoms with Gasteiger partial charge in [-0.1, -0.05) is 0 Å². The van der Waals surface area contributed by atoms with E-state index in [1.165, 1.54) is 12.1 Å². The van der Waals surface area contributed by atoms with Crippen LogP contribution in [-0.4, -0.2) is 11.1 Å². The zero-order valence-electron chi connectivity index (χ0n) is 5.74. The number of nitrogens with zero attached hydrogens (tertiary/aromatic N) is 2. The molecule has 0 aromatic rings. The van der Waals surface area contributed by atoms with E-state index in [-0.39, 0.29) is 0 Å². The van der Waals surface area contributed by atoms with Gasteiger partial charge in [-0.3, -0.25) is 0 Å². The van der Waals surface area contributed by atoms with Crippen molar-refractivity contribution in [3.63, 3.8) is 0 Å². The lowest BCUT2D eigenvalue weighted by Crippen LogP contribution is -1.96. The molecule has 1 N–H and O–H groups in total. The van der Waals surface area contributed by atoms with Crippen molar-refractivity contribution in [2.45, 2.75) is 0 Å². The molecule has 4 nitrogen and oxygen atoms in total. The van der Waals surface area contributed by atoms with E-state index in [1.54, 1.807) is 0 Å². The summed E-state index contributed by atoms with van der Waals surface area (Å²) in [5.74, 6) is -1.38. The molecule has 0 spiro atoms. The van der Waals surface area contributed by atoms with Crippen LogP contribution in [0.2, 0.25) is 0 Å². The van der Waals surface area contributed by atoms with E-state index in [2.05, 4.69) is 13.2 Å². The fourth-order valence-electron chi connectivity index (χ4n) is 0.206. The van der Waals surface area contributed by atoms with Crippen molar-refractivity contribution in [1.29, 1.82) is 10.5 Å². The molecule has 0 rings (SSSR count). The zero-order chi connectivity index (χ0) is 9.28. The van der Waals surface area contributed by atoms with Crippen molar-refractivity contribution in [2.24, 2.45) is 0 Å². The van der Waals surface area contributed by atoms with Crippen molar-refractivity contribution in [2.75, 3.05) is 0 Å². The molecule has 0 aromatic carbocycles. The summed E-state index contributed by atoms with van der Waals surface area (Å²) in [7, 11) is 0. The number of hydrogen-bond acceptors (Lipinski definition) is 3. The molecule has 0 heterocycles. The Hall–Kier alpha value is -2.07. The molecule has 0 amide bonds. The first-order valence-electron chi connectivity index (χ1n) is 2.45. The molecular formula is C7H6N2O2. The van der Waals surface area contributed by atoms with Crippen LogP contribution in [0.3, 0.4) is 0 Å². The van der Waals surface area contributed by atoms with Gasteiger partial charge in [0.15, 0.2) is 0 Å². The van der Waals surface area contributed by atoms with Crippen LogP contribution >= 0.6 is 0 Å². The SMILES string of the molecule is C=C.N#C/C=C(/C#N)C(=O)O. The lowest BCUT2D eigenvalue weighted by atomic mass is 10.3. The van der Waals surface area contributed by atoms with E-state index in [0.717, 1.165) is 0 Å². The Morgan fingerprint density at radius 1 is 1.45 bits per heavy atom. The van der Waals surface area contributed by atoms with E-state index >= 15 is 0 Å². The van der Waals surface area contributed by atoms with Gasteiger partial charge in [0.2, 0.25) is 0 Å². The van der Waals surface area contributed by atoms with E-state index in [9.17, 15) is 4.79 Å². The number of aliphatic carboxylic acids is 1. The molecule has 0 aliphatic heterocycles. The highest BCUT2D eigenvalue weighted by Gasteiger charge is 2.02. The number of carboxylic acid groups (broad SMARTS) is 1. The largest absolute Gasteiger partial charge is 0.477 e. The smallest absolute Gasteiger partial charge is 0.347 e. The first-order chi connectivity index (χ1) is 5.22. The van der Waals surface area contributed by atoms with Gasteiger partial charge in [0.25, 0.3) is 0 Å². The van der Waals surface area contributed by atoms with Crippen LogP contribution in [0.5, 0.6) is 0 Å². The van der Waals surface area contributed by atoms with Gasteiger partial charge < -0.3 is 5.11 Å². The molecule has 0 atom stereocenters. The summed E-state index contributed by atoms with van der Waals surface area (Å²) in [4.78, 5) is 9.88. The first-order valence-corrected chi connectivity index (χ1v) is 2.45. The average molecular weight is 150 g/mol. The van der Waals surface area contributed by atoms with Crippen LogP contribution in [0.15, 0.2) is 24.8 Å². The standard InChI is InChI=1S/C5H2N2O2.C2H4/c6-2-1-4(3-7)5(8)9;1-2/h1H,(H,8,9);1-2H2/b4-1-;. The normalized spacial score (nSPS) is 8.00. The fourth-order valence-corrected chi connectivity index (χ4v) is 0.206. The number of carboxylic acids is 1. The molecule has 0 unspecified atom stereocenters. The van der Waals surface area contributed by atoms with Crippen molar-refractivity contribution in [1.82, 2.24) is 0 Å². The summed E-state index contributed by atoms with van der Waals surface area (Å²) in [6.07, 6.45) is 0.683. The molecule has 0 aliphatic rings. The topological polar surface area (TPSA) is 84.9 Å². The van der Waals surface area contributed by atoms with E-state index in [1.807, 2.05) is 0 Å². The van der Waals surface area contributed by atoms with Gasteiger partial charge in [-0.25, -0.2) is 4.79 Å². The van der Waals surface area contributed by atoms with Gasteiger partial charge in [-0.2, -0.15) is 10.5 Å². The molecule has 4 heteroatoms. The molecule has 11 heavy (non-hydrogen) atoms. The molecule has 0 fully saturated rings. The first kappa shape index (κ1) is 11.7. The minimum Gasteiger partial charge on any atom is -0.477 e. The number of hydrogen-bond donors (Lipinski definition) is 1. The lowest BCUT2D eigenvalue weighted by molar-refractivity contribution is -0.132. The third-order valence-corrected chi connectivity index (χ3v) is 0.560. The summed E-state index contributed by atoms with van der Waals surface area (Å²) < 4.78 is 0. The number of allylic oxidation sites excluding steroid dienone is 1. The Labute approximate surface area is 64.3 Å². The maximum atomic E-state index is 9.88. The second-order valence-corrected chi connectivity index (χ2v) is 1.10. The Morgan fingerprint density at radius 3 is 2.00 bits per heavy atom. The van der Waals surface area contributed by atoms with Crippen LogP contribution in [0, 0.1) is 22.7 Å². The lowest BCUT2D eigenvalue weighted by Gasteiger charge is -1.79. The second-order valence-electron chi connectivity index (χ2n) is 1.10. The van der Waals surface area contributed by atoms with Crippen LogP contribution < -0.4 is 0 Å². The molecule has 0 bridgehead atoms. The van der Waals surface area contributed by atoms with Crippen LogP contribution in [0.1, 0.15) is 0 Å². The zero-order valence-corrected chi connectivity index (χ0v) is 5.74. The van der Waals surface area contributed by atoms with Crippen LogP contribution in [0.4, 0.5) is 0 Å². The predicted molar refractivity (Wildman–Crippen MR) is 38.2 cm³/mol. The number of nitriles is 2. The van der Waals surface area contributed by atoms with Gasteiger partial charge in [0, 0.05) is 6.08 Å². The highest BCUT2D eigenvalue weighted by molar-refractivity contribution is 5.91. The molecule has 0 saturated carbocycles. The van der Waals surface area contributed by atoms with E-state index < -0.39 is 11.5 Å². The third kappa shape index (κ3) is 5.81. The molecule has 0 saturated heterocycles. The van der Waals surface area contributed by atoms with Crippen molar-refractivity contribution in [3.05, 3.63) is 24.8 Å². The highest BCUT2D eigenvalue weighted by Crippen LogP contribution is 1.88. The Morgan fingerprint density at radius 2 is 1.91 bits per heavy atom. The summed E-state index contributed by atoms with van der Waals surface area (Å²) in [5, 5.41) is 23.9.